The molecule has 0 aliphatic rings. The van der Waals surface area contributed by atoms with Gasteiger partial charge in [-0.1, -0.05) is 29.3 Å². The van der Waals surface area contributed by atoms with E-state index in [0.717, 1.165) is 11.3 Å². The quantitative estimate of drug-likeness (QED) is 0.853. The van der Waals surface area contributed by atoms with Crippen LogP contribution in [0.2, 0.25) is 10.0 Å². The second-order valence-corrected chi connectivity index (χ2v) is 5.47. The smallest absolute Gasteiger partial charge is 0.234 e. The Morgan fingerprint density at radius 1 is 1.33 bits per heavy atom. The average Bonchev–Trinajstić information content (AvgIpc) is 2.98. The van der Waals surface area contributed by atoms with Crippen LogP contribution in [0.4, 0.5) is 0 Å². The molecular formula is C15H16Cl2N2O2. The lowest BCUT2D eigenvalue weighted by Crippen LogP contribution is -2.34. The molecule has 2 aromatic rings. The molecule has 21 heavy (non-hydrogen) atoms. The summed E-state index contributed by atoms with van der Waals surface area (Å²) in [4.78, 5) is 11.8. The first-order valence-corrected chi connectivity index (χ1v) is 7.29. The predicted molar refractivity (Wildman–Crippen MR) is 83.4 cm³/mol. The minimum Gasteiger partial charge on any atom is -0.468 e. The van der Waals surface area contributed by atoms with Crippen molar-refractivity contribution in [2.75, 3.05) is 6.54 Å². The highest BCUT2D eigenvalue weighted by Gasteiger charge is 2.10. The van der Waals surface area contributed by atoms with Crippen LogP contribution in [-0.4, -0.2) is 12.5 Å². The molecule has 2 N–H and O–H groups in total. The molecular weight excluding hydrogens is 311 g/mol. The first kappa shape index (κ1) is 15.9. The van der Waals surface area contributed by atoms with E-state index < -0.39 is 0 Å². The van der Waals surface area contributed by atoms with E-state index in [-0.39, 0.29) is 18.5 Å². The summed E-state index contributed by atoms with van der Waals surface area (Å²) in [5, 5.41) is 7.00. The van der Waals surface area contributed by atoms with Gasteiger partial charge in [0, 0.05) is 16.6 Å². The molecule has 0 aliphatic carbocycles. The van der Waals surface area contributed by atoms with Crippen molar-refractivity contribution in [3.05, 3.63) is 58.0 Å². The van der Waals surface area contributed by atoms with Gasteiger partial charge in [-0.05, 0) is 36.8 Å². The molecule has 0 fully saturated rings. The fourth-order valence-electron chi connectivity index (χ4n) is 1.81. The molecule has 0 spiro atoms. The fourth-order valence-corrected chi connectivity index (χ4v) is 2.28. The first-order chi connectivity index (χ1) is 10.1. The number of hydrogen-bond acceptors (Lipinski definition) is 3. The number of benzene rings is 1. The number of carbonyl (C=O) groups is 1. The standard InChI is InChI=1S/C15H16Cl2N2O2/c1-10(14-3-2-6-21-14)18-9-15(20)19-8-11-4-5-12(16)7-13(11)17/h2-7,10,18H,8-9H2,1H3,(H,19,20)/t10-/m1/s1. The third kappa shape index (κ3) is 4.77. The maximum Gasteiger partial charge on any atom is 0.234 e. The summed E-state index contributed by atoms with van der Waals surface area (Å²) in [5.41, 5.74) is 0.827. The second-order valence-electron chi connectivity index (χ2n) is 4.63. The fraction of sp³-hybridized carbons (Fsp3) is 0.267. The lowest BCUT2D eigenvalue weighted by atomic mass is 10.2. The Morgan fingerprint density at radius 2 is 2.14 bits per heavy atom. The highest BCUT2D eigenvalue weighted by atomic mass is 35.5. The Bertz CT molecular complexity index is 600. The highest BCUT2D eigenvalue weighted by molar-refractivity contribution is 6.35. The van der Waals surface area contributed by atoms with E-state index in [4.69, 9.17) is 27.6 Å². The van der Waals surface area contributed by atoms with Crippen LogP contribution in [0.1, 0.15) is 24.3 Å². The van der Waals surface area contributed by atoms with Crippen LogP contribution in [0, 0.1) is 0 Å². The van der Waals surface area contributed by atoms with Crippen LogP contribution in [0.25, 0.3) is 0 Å². The van der Waals surface area contributed by atoms with Crippen molar-refractivity contribution in [1.82, 2.24) is 10.6 Å². The maximum absolute atomic E-state index is 11.8. The van der Waals surface area contributed by atoms with Crippen LogP contribution in [0.3, 0.4) is 0 Å². The Balaban J connectivity index is 1.77. The maximum atomic E-state index is 11.8. The van der Waals surface area contributed by atoms with E-state index in [0.29, 0.717) is 16.6 Å². The van der Waals surface area contributed by atoms with Crippen molar-refractivity contribution >= 4 is 29.1 Å². The normalized spacial score (nSPS) is 12.1. The Labute approximate surface area is 133 Å². The van der Waals surface area contributed by atoms with Gasteiger partial charge in [-0.15, -0.1) is 0 Å². The van der Waals surface area contributed by atoms with Gasteiger partial charge >= 0.3 is 0 Å². The Kier molecular flexibility index (Phi) is 5.67. The number of amides is 1. The molecule has 1 aromatic heterocycles. The molecule has 0 aliphatic heterocycles. The summed E-state index contributed by atoms with van der Waals surface area (Å²) in [6.07, 6.45) is 1.61. The number of rotatable bonds is 6. The van der Waals surface area contributed by atoms with Gasteiger partial charge in [-0.2, -0.15) is 0 Å². The van der Waals surface area contributed by atoms with E-state index in [9.17, 15) is 4.79 Å². The van der Waals surface area contributed by atoms with Crippen molar-refractivity contribution in [1.29, 1.82) is 0 Å². The highest BCUT2D eigenvalue weighted by Crippen LogP contribution is 2.20. The van der Waals surface area contributed by atoms with Crippen LogP contribution >= 0.6 is 23.2 Å². The van der Waals surface area contributed by atoms with E-state index >= 15 is 0 Å². The molecule has 0 saturated heterocycles. The predicted octanol–water partition coefficient (Wildman–Crippen LogP) is 3.55. The summed E-state index contributed by atoms with van der Waals surface area (Å²) in [6, 6.07) is 8.85. The lowest BCUT2D eigenvalue weighted by molar-refractivity contribution is -0.120. The number of halogens is 2. The minimum atomic E-state index is -0.112. The monoisotopic (exact) mass is 326 g/mol. The first-order valence-electron chi connectivity index (χ1n) is 6.53. The van der Waals surface area contributed by atoms with Crippen LogP contribution in [-0.2, 0) is 11.3 Å². The largest absolute Gasteiger partial charge is 0.468 e. The molecule has 0 saturated carbocycles. The number of carbonyl (C=O) groups excluding carboxylic acids is 1. The zero-order valence-corrected chi connectivity index (χ0v) is 13.0. The van der Waals surface area contributed by atoms with E-state index in [1.807, 2.05) is 19.1 Å². The van der Waals surface area contributed by atoms with Crippen LogP contribution in [0.15, 0.2) is 41.0 Å². The average molecular weight is 327 g/mol. The van der Waals surface area contributed by atoms with Gasteiger partial charge in [0.1, 0.15) is 5.76 Å². The van der Waals surface area contributed by atoms with Crippen molar-refractivity contribution in [3.8, 4) is 0 Å². The van der Waals surface area contributed by atoms with Gasteiger partial charge in [0.15, 0.2) is 0 Å². The molecule has 2 rings (SSSR count). The molecule has 1 heterocycles. The summed E-state index contributed by atoms with van der Waals surface area (Å²) >= 11 is 11.9. The van der Waals surface area contributed by atoms with E-state index in [1.165, 1.54) is 0 Å². The number of nitrogens with one attached hydrogen (secondary N) is 2. The molecule has 1 amide bonds. The van der Waals surface area contributed by atoms with Gasteiger partial charge in [-0.25, -0.2) is 0 Å². The van der Waals surface area contributed by atoms with Crippen molar-refractivity contribution < 1.29 is 9.21 Å². The molecule has 1 atom stereocenters. The summed E-state index contributed by atoms with van der Waals surface area (Å²) in [6.45, 7) is 2.50. The molecule has 0 radical (unpaired) electrons. The zero-order chi connectivity index (χ0) is 15.2. The Morgan fingerprint density at radius 3 is 2.81 bits per heavy atom. The van der Waals surface area contributed by atoms with Crippen LogP contribution in [0.5, 0.6) is 0 Å². The summed E-state index contributed by atoms with van der Waals surface area (Å²) in [7, 11) is 0. The second kappa shape index (κ2) is 7.50. The van der Waals surface area contributed by atoms with E-state index in [2.05, 4.69) is 10.6 Å². The van der Waals surface area contributed by atoms with Gasteiger partial charge < -0.3 is 9.73 Å². The SMILES string of the molecule is C[C@@H](NCC(=O)NCc1ccc(Cl)cc1Cl)c1ccco1. The van der Waals surface area contributed by atoms with Gasteiger partial charge in [0.05, 0.1) is 18.8 Å². The molecule has 6 heteroatoms. The van der Waals surface area contributed by atoms with Crippen molar-refractivity contribution in [2.24, 2.45) is 0 Å². The molecule has 0 unspecified atom stereocenters. The van der Waals surface area contributed by atoms with Gasteiger partial charge in [-0.3, -0.25) is 10.1 Å². The topological polar surface area (TPSA) is 54.3 Å². The van der Waals surface area contributed by atoms with Crippen molar-refractivity contribution in [3.63, 3.8) is 0 Å². The molecule has 112 valence electrons. The molecule has 1 aromatic carbocycles. The number of hydrogen-bond donors (Lipinski definition) is 2. The van der Waals surface area contributed by atoms with Crippen LogP contribution < -0.4 is 10.6 Å². The third-order valence-electron chi connectivity index (χ3n) is 3.03. The summed E-state index contributed by atoms with van der Waals surface area (Å²) in [5.74, 6) is 0.683. The van der Waals surface area contributed by atoms with Crippen molar-refractivity contribution in [2.45, 2.75) is 19.5 Å². The molecule has 0 bridgehead atoms. The minimum absolute atomic E-state index is 0.0233. The van der Waals surface area contributed by atoms with Gasteiger partial charge in [0.2, 0.25) is 5.91 Å². The van der Waals surface area contributed by atoms with E-state index in [1.54, 1.807) is 24.5 Å². The third-order valence-corrected chi connectivity index (χ3v) is 3.62. The summed E-state index contributed by atoms with van der Waals surface area (Å²) < 4.78 is 5.26. The zero-order valence-electron chi connectivity index (χ0n) is 11.5. The van der Waals surface area contributed by atoms with Gasteiger partial charge in [0.25, 0.3) is 0 Å². The Hall–Kier alpha value is -1.49. The molecule has 4 nitrogen and oxygen atoms in total. The number of furan rings is 1. The lowest BCUT2D eigenvalue weighted by Gasteiger charge is -2.12.